The summed E-state index contributed by atoms with van der Waals surface area (Å²) in [7, 11) is 0. The number of unbranched alkanes of at least 4 members (excludes halogenated alkanes) is 2. The third kappa shape index (κ3) is 11.0. The quantitative estimate of drug-likeness (QED) is 0.117. The Morgan fingerprint density at radius 1 is 0.786 bits per heavy atom. The predicted molar refractivity (Wildman–Crippen MR) is 171 cm³/mol. The average Bonchev–Trinajstić information content (AvgIpc) is 3.03. The summed E-state index contributed by atoms with van der Waals surface area (Å²) in [6.45, 7) is 10.1. The van der Waals surface area contributed by atoms with Crippen molar-refractivity contribution in [1.29, 1.82) is 0 Å². The fourth-order valence-electron chi connectivity index (χ4n) is 6.80. The molecule has 42 heavy (non-hydrogen) atoms. The maximum atomic E-state index is 12.2. The molecule has 0 saturated heterocycles. The lowest BCUT2D eigenvalue weighted by Crippen LogP contribution is -2.31. The molecule has 0 radical (unpaired) electrons. The molecule has 0 atom stereocenters. The van der Waals surface area contributed by atoms with Crippen molar-refractivity contribution in [3.05, 3.63) is 59.7 Å². The van der Waals surface area contributed by atoms with Crippen LogP contribution in [0.2, 0.25) is 0 Å². The number of esters is 2. The second-order valence-electron chi connectivity index (χ2n) is 12.8. The molecular weight excluding hydrogens is 524 g/mol. The van der Waals surface area contributed by atoms with Gasteiger partial charge in [-0.05, 0) is 86.2 Å². The number of aryl methyl sites for hydroxylation is 1. The van der Waals surface area contributed by atoms with E-state index in [0.29, 0.717) is 5.92 Å². The molecule has 2 aliphatic carbocycles. The minimum absolute atomic E-state index is 0.0596. The Balaban J connectivity index is 1.40. The number of benzene rings is 1. The van der Waals surface area contributed by atoms with Gasteiger partial charge in [0.2, 0.25) is 0 Å². The zero-order valence-electron chi connectivity index (χ0n) is 26.1. The van der Waals surface area contributed by atoms with Crippen LogP contribution in [-0.2, 0) is 25.5 Å². The fraction of sp³-hybridized carbons (Fsp3) is 0.667. The molecule has 234 valence electrons. The van der Waals surface area contributed by atoms with Crippen molar-refractivity contribution in [2.75, 3.05) is 26.3 Å². The van der Waals surface area contributed by atoms with Crippen molar-refractivity contribution >= 4 is 11.9 Å². The minimum Gasteiger partial charge on any atom is -0.462 e. The van der Waals surface area contributed by atoms with E-state index in [2.05, 4.69) is 44.3 Å². The van der Waals surface area contributed by atoms with Gasteiger partial charge in [-0.1, -0.05) is 82.9 Å². The fourth-order valence-corrected chi connectivity index (χ4v) is 6.80. The number of hydrogen-bond donors (Lipinski definition) is 2. The smallest absolute Gasteiger partial charge is 0.334 e. The van der Waals surface area contributed by atoms with Gasteiger partial charge >= 0.3 is 11.9 Å². The summed E-state index contributed by atoms with van der Waals surface area (Å²) >= 11 is 0. The van der Waals surface area contributed by atoms with Gasteiger partial charge in [-0.3, -0.25) is 0 Å². The summed E-state index contributed by atoms with van der Waals surface area (Å²) in [5.41, 5.74) is 14.6. The largest absolute Gasteiger partial charge is 0.462 e. The summed E-state index contributed by atoms with van der Waals surface area (Å²) in [5.74, 6) is 1.64. The number of rotatable bonds is 17. The van der Waals surface area contributed by atoms with Crippen molar-refractivity contribution in [2.45, 2.75) is 103 Å². The molecule has 6 heteroatoms. The molecular formula is C36H56N2O4. The molecule has 2 saturated carbocycles. The van der Waals surface area contributed by atoms with Crippen LogP contribution in [0.25, 0.3) is 0 Å². The first-order valence-electron chi connectivity index (χ1n) is 16.5. The van der Waals surface area contributed by atoms with E-state index < -0.39 is 11.9 Å². The Hall–Kier alpha value is -2.44. The lowest BCUT2D eigenvalue weighted by Gasteiger charge is -2.35. The van der Waals surface area contributed by atoms with Gasteiger partial charge < -0.3 is 20.9 Å². The minimum atomic E-state index is -0.483. The number of carbonyl (C=O) groups is 2. The highest BCUT2D eigenvalue weighted by atomic mass is 16.5. The molecule has 1 aromatic carbocycles. The molecule has 0 aliphatic heterocycles. The van der Waals surface area contributed by atoms with Gasteiger partial charge in [0.05, 0.1) is 13.2 Å². The molecule has 0 heterocycles. The van der Waals surface area contributed by atoms with E-state index in [0.717, 1.165) is 30.6 Å². The molecule has 0 unspecified atom stereocenters. The number of ether oxygens (including phenoxy) is 2. The Bertz CT molecular complexity index is 956. The van der Waals surface area contributed by atoms with Crippen molar-refractivity contribution < 1.29 is 19.1 Å². The van der Waals surface area contributed by atoms with E-state index in [-0.39, 0.29) is 43.4 Å². The highest BCUT2D eigenvalue weighted by Crippen LogP contribution is 2.41. The van der Waals surface area contributed by atoms with Gasteiger partial charge in [0.15, 0.2) is 0 Å². The highest BCUT2D eigenvalue weighted by Gasteiger charge is 2.31. The zero-order valence-corrected chi connectivity index (χ0v) is 26.1. The van der Waals surface area contributed by atoms with Crippen LogP contribution in [0.1, 0.15) is 107 Å². The molecule has 0 amide bonds. The first-order chi connectivity index (χ1) is 20.3. The zero-order chi connectivity index (χ0) is 30.3. The predicted octanol–water partition coefficient (Wildman–Crippen LogP) is 7.01. The average molecular weight is 581 g/mol. The highest BCUT2D eigenvalue weighted by molar-refractivity contribution is 5.88. The first kappa shape index (κ1) is 34.1. The summed E-state index contributed by atoms with van der Waals surface area (Å²) in [6, 6.07) is 9.51. The van der Waals surface area contributed by atoms with E-state index in [1.54, 1.807) is 0 Å². The summed E-state index contributed by atoms with van der Waals surface area (Å²) in [6.07, 6.45) is 17.5. The van der Waals surface area contributed by atoms with E-state index in [9.17, 15) is 9.59 Å². The molecule has 4 N–H and O–H groups in total. The molecule has 3 rings (SSSR count). The van der Waals surface area contributed by atoms with E-state index >= 15 is 0 Å². The first-order valence-corrected chi connectivity index (χ1v) is 16.5. The SMILES string of the molecule is C=C(CN)C(=O)OCC(COC(=O)C(=C)CN)C1CCC(CCC2CCC(c3ccc(CCCCC)cc3)CC2)CC1. The van der Waals surface area contributed by atoms with Crippen molar-refractivity contribution in [1.82, 2.24) is 0 Å². The van der Waals surface area contributed by atoms with Crippen LogP contribution >= 0.6 is 0 Å². The third-order valence-corrected chi connectivity index (χ3v) is 9.84. The summed E-state index contributed by atoms with van der Waals surface area (Å²) in [5, 5.41) is 0. The van der Waals surface area contributed by atoms with Gasteiger partial charge in [-0.2, -0.15) is 0 Å². The van der Waals surface area contributed by atoms with Crippen LogP contribution in [-0.4, -0.2) is 38.2 Å². The topological polar surface area (TPSA) is 105 Å². The van der Waals surface area contributed by atoms with Gasteiger partial charge in [0.25, 0.3) is 0 Å². The monoisotopic (exact) mass is 580 g/mol. The maximum absolute atomic E-state index is 12.2. The van der Waals surface area contributed by atoms with Crippen LogP contribution in [0.4, 0.5) is 0 Å². The Labute approximate surface area is 254 Å². The standard InChI is InChI=1S/C36H56N2O4/c1-4-5-6-7-28-10-16-31(17-11-28)32-18-12-29(13-19-32)8-9-30-14-20-33(21-15-30)34(24-41-35(39)26(2)22-37)25-42-36(40)27(3)23-38/h10-11,16-17,29-30,32-34H,2-9,12-15,18-25,37-38H2,1H3. The van der Waals surface area contributed by atoms with Gasteiger partial charge in [0.1, 0.15) is 0 Å². The lowest BCUT2D eigenvalue weighted by atomic mass is 9.72. The number of nitrogens with two attached hydrogens (primary N) is 2. The van der Waals surface area contributed by atoms with Crippen LogP contribution in [0.3, 0.4) is 0 Å². The van der Waals surface area contributed by atoms with Crippen molar-refractivity contribution in [2.24, 2.45) is 35.1 Å². The van der Waals surface area contributed by atoms with E-state index in [1.807, 2.05) is 0 Å². The molecule has 6 nitrogen and oxygen atoms in total. The number of hydrogen-bond acceptors (Lipinski definition) is 6. The summed E-state index contributed by atoms with van der Waals surface area (Å²) < 4.78 is 11.0. The van der Waals surface area contributed by atoms with Crippen LogP contribution < -0.4 is 11.5 Å². The normalized spacial score (nSPS) is 22.5. The molecule has 1 aromatic rings. The second-order valence-corrected chi connectivity index (χ2v) is 12.8. The second kappa shape index (κ2) is 18.3. The molecule has 0 bridgehead atoms. The maximum Gasteiger partial charge on any atom is 0.334 e. The summed E-state index contributed by atoms with van der Waals surface area (Å²) in [4.78, 5) is 24.3. The van der Waals surface area contributed by atoms with Crippen LogP contribution in [0.15, 0.2) is 48.6 Å². The Morgan fingerprint density at radius 2 is 1.29 bits per heavy atom. The van der Waals surface area contributed by atoms with Gasteiger partial charge in [-0.15, -0.1) is 0 Å². The van der Waals surface area contributed by atoms with Gasteiger partial charge in [-0.25, -0.2) is 9.59 Å². The van der Waals surface area contributed by atoms with Gasteiger partial charge in [0, 0.05) is 30.2 Å². The Morgan fingerprint density at radius 3 is 1.76 bits per heavy atom. The lowest BCUT2D eigenvalue weighted by molar-refractivity contribution is -0.145. The Kier molecular flexibility index (Phi) is 14.8. The third-order valence-electron chi connectivity index (χ3n) is 9.84. The van der Waals surface area contributed by atoms with Crippen molar-refractivity contribution in [3.8, 4) is 0 Å². The van der Waals surface area contributed by atoms with Crippen molar-refractivity contribution in [3.63, 3.8) is 0 Å². The molecule has 0 spiro atoms. The van der Waals surface area contributed by atoms with E-state index in [1.165, 1.54) is 88.2 Å². The molecule has 2 aliphatic rings. The molecule has 2 fully saturated rings. The van der Waals surface area contributed by atoms with E-state index in [4.69, 9.17) is 20.9 Å². The van der Waals surface area contributed by atoms with Crippen LogP contribution in [0, 0.1) is 23.7 Å². The van der Waals surface area contributed by atoms with Crippen LogP contribution in [0.5, 0.6) is 0 Å². The molecule has 0 aromatic heterocycles. The number of carbonyl (C=O) groups excluding carboxylic acids is 2.